The molecule has 0 spiro atoms. The Morgan fingerprint density at radius 1 is 1.16 bits per heavy atom. The van der Waals surface area contributed by atoms with Crippen LogP contribution in [0.5, 0.6) is 0 Å². The smallest absolute Gasteiger partial charge is 0.191 e. The summed E-state index contributed by atoms with van der Waals surface area (Å²) < 4.78 is 6.21. The molecule has 1 atom stereocenters. The maximum atomic E-state index is 10.3. The number of halogens is 1. The minimum atomic E-state index is -1.60. The van der Waals surface area contributed by atoms with Gasteiger partial charge in [0.15, 0.2) is 8.32 Å². The SMILES string of the molecule is C/C(=C\[C@H](O)c1ccc(Cl)cc1)CCCCCO[Si](C)(C)C(C)(C)C. The standard InChI is InChI=1S/C21H35ClO2Si/c1-17(16-20(23)18-11-13-19(22)14-12-18)10-8-7-9-15-24-25(5,6)21(2,3)4/h11-14,16,20,23H,7-10,15H2,1-6H3/b17-16+/t20-/m0/s1. The summed E-state index contributed by atoms with van der Waals surface area (Å²) >= 11 is 5.88. The Morgan fingerprint density at radius 2 is 1.76 bits per heavy atom. The molecular weight excluding hydrogens is 348 g/mol. The molecule has 2 nitrogen and oxygen atoms in total. The normalized spacial score (nSPS) is 14.6. The molecule has 0 aliphatic heterocycles. The highest BCUT2D eigenvalue weighted by Gasteiger charge is 2.36. The van der Waals surface area contributed by atoms with Gasteiger partial charge in [-0.25, -0.2) is 0 Å². The van der Waals surface area contributed by atoms with E-state index in [1.807, 2.05) is 30.3 Å². The summed E-state index contributed by atoms with van der Waals surface area (Å²) in [6.45, 7) is 14.4. The van der Waals surface area contributed by atoms with Gasteiger partial charge in [0.1, 0.15) is 0 Å². The third-order valence-corrected chi connectivity index (χ3v) is 9.93. The minimum Gasteiger partial charge on any atom is -0.417 e. The monoisotopic (exact) mass is 382 g/mol. The molecule has 0 amide bonds. The van der Waals surface area contributed by atoms with E-state index in [1.165, 1.54) is 5.57 Å². The Morgan fingerprint density at radius 3 is 2.32 bits per heavy atom. The second kappa shape index (κ2) is 9.91. The number of allylic oxidation sites excluding steroid dienone is 1. The summed E-state index contributed by atoms with van der Waals surface area (Å²) in [6.07, 6.45) is 5.81. The van der Waals surface area contributed by atoms with Gasteiger partial charge in [0.25, 0.3) is 0 Å². The van der Waals surface area contributed by atoms with E-state index in [2.05, 4.69) is 40.8 Å². The van der Waals surface area contributed by atoms with Gasteiger partial charge in [-0.1, -0.05) is 62.6 Å². The van der Waals surface area contributed by atoms with Gasteiger partial charge in [-0.15, -0.1) is 0 Å². The van der Waals surface area contributed by atoms with E-state index in [0.717, 1.165) is 37.9 Å². The van der Waals surface area contributed by atoms with Crippen molar-refractivity contribution >= 4 is 19.9 Å². The Bertz CT molecular complexity index is 544. The maximum absolute atomic E-state index is 10.3. The molecule has 0 saturated heterocycles. The Labute approximate surface area is 160 Å². The lowest BCUT2D eigenvalue weighted by atomic mass is 10.0. The van der Waals surface area contributed by atoms with E-state index in [9.17, 15) is 5.11 Å². The lowest BCUT2D eigenvalue weighted by Crippen LogP contribution is -2.40. The van der Waals surface area contributed by atoms with Crippen LogP contribution in [-0.4, -0.2) is 20.0 Å². The second-order valence-corrected chi connectivity index (χ2v) is 13.7. The zero-order valence-electron chi connectivity index (χ0n) is 16.7. The van der Waals surface area contributed by atoms with Crippen molar-refractivity contribution in [3.8, 4) is 0 Å². The largest absolute Gasteiger partial charge is 0.417 e. The van der Waals surface area contributed by atoms with Crippen molar-refractivity contribution < 1.29 is 9.53 Å². The number of benzene rings is 1. The third-order valence-electron chi connectivity index (χ3n) is 5.14. The molecule has 0 aliphatic rings. The summed E-state index contributed by atoms with van der Waals surface area (Å²) in [5.74, 6) is 0. The van der Waals surface area contributed by atoms with E-state index in [-0.39, 0.29) is 5.04 Å². The molecule has 0 aromatic heterocycles. The third kappa shape index (κ3) is 8.08. The summed E-state index contributed by atoms with van der Waals surface area (Å²) in [4.78, 5) is 0. The van der Waals surface area contributed by atoms with Crippen LogP contribution in [0.4, 0.5) is 0 Å². The molecule has 0 unspecified atom stereocenters. The molecule has 0 bridgehead atoms. The van der Waals surface area contributed by atoms with Gasteiger partial charge in [0.2, 0.25) is 0 Å². The summed E-state index contributed by atoms with van der Waals surface area (Å²) in [5.41, 5.74) is 2.11. The van der Waals surface area contributed by atoms with Gasteiger partial charge in [-0.05, 0) is 62.0 Å². The first-order valence-corrected chi connectivity index (χ1v) is 12.6. The number of aliphatic hydroxyl groups excluding tert-OH is 1. The molecule has 0 aliphatic carbocycles. The molecule has 0 saturated carbocycles. The zero-order chi connectivity index (χ0) is 19.1. The second-order valence-electron chi connectivity index (χ2n) is 8.43. The van der Waals surface area contributed by atoms with Crippen LogP contribution in [-0.2, 0) is 4.43 Å². The quantitative estimate of drug-likeness (QED) is 0.286. The van der Waals surface area contributed by atoms with Crippen LogP contribution in [0.2, 0.25) is 23.2 Å². The van der Waals surface area contributed by atoms with E-state index in [1.54, 1.807) is 0 Å². The Balaban J connectivity index is 2.28. The highest BCUT2D eigenvalue weighted by atomic mass is 35.5. The number of hydrogen-bond donors (Lipinski definition) is 1. The molecular formula is C21H35ClO2Si. The van der Waals surface area contributed by atoms with Gasteiger partial charge in [-0.3, -0.25) is 0 Å². The highest BCUT2D eigenvalue weighted by molar-refractivity contribution is 6.74. The summed E-state index contributed by atoms with van der Waals surface area (Å²) in [7, 11) is -1.60. The van der Waals surface area contributed by atoms with Crippen LogP contribution in [0.1, 0.15) is 65.0 Å². The molecule has 0 fully saturated rings. The minimum absolute atomic E-state index is 0.282. The van der Waals surface area contributed by atoms with E-state index < -0.39 is 14.4 Å². The van der Waals surface area contributed by atoms with E-state index >= 15 is 0 Å². The number of rotatable bonds is 9. The number of hydrogen-bond acceptors (Lipinski definition) is 2. The van der Waals surface area contributed by atoms with Crippen LogP contribution in [0, 0.1) is 0 Å². The van der Waals surface area contributed by atoms with Crippen molar-refractivity contribution in [3.05, 3.63) is 46.5 Å². The van der Waals surface area contributed by atoms with Crippen molar-refractivity contribution in [2.75, 3.05) is 6.61 Å². The predicted octanol–water partition coefficient (Wildman–Crippen LogP) is 6.90. The fourth-order valence-electron chi connectivity index (χ4n) is 2.34. The summed E-state index contributed by atoms with van der Waals surface area (Å²) in [5, 5.41) is 11.2. The Kier molecular flexibility index (Phi) is 8.89. The molecule has 1 aromatic rings. The molecule has 4 heteroatoms. The fraction of sp³-hybridized carbons (Fsp3) is 0.619. The average Bonchev–Trinajstić information content (AvgIpc) is 2.50. The highest BCUT2D eigenvalue weighted by Crippen LogP contribution is 2.36. The van der Waals surface area contributed by atoms with Crippen molar-refractivity contribution in [2.24, 2.45) is 0 Å². The van der Waals surface area contributed by atoms with Crippen molar-refractivity contribution in [2.45, 2.75) is 77.6 Å². The number of unbranched alkanes of at least 4 members (excludes halogenated alkanes) is 2. The van der Waals surface area contributed by atoms with Gasteiger partial charge in [0, 0.05) is 11.6 Å². The molecule has 1 rings (SSSR count). The van der Waals surface area contributed by atoms with E-state index in [0.29, 0.717) is 5.02 Å². The first-order valence-electron chi connectivity index (χ1n) is 9.28. The van der Waals surface area contributed by atoms with E-state index in [4.69, 9.17) is 16.0 Å². The van der Waals surface area contributed by atoms with Crippen LogP contribution < -0.4 is 0 Å². The molecule has 1 N–H and O–H groups in total. The average molecular weight is 383 g/mol. The predicted molar refractivity (Wildman–Crippen MR) is 112 cm³/mol. The molecule has 0 radical (unpaired) electrons. The lowest BCUT2D eigenvalue weighted by Gasteiger charge is -2.36. The first-order chi connectivity index (χ1) is 11.5. The van der Waals surface area contributed by atoms with Crippen LogP contribution in [0.25, 0.3) is 0 Å². The maximum Gasteiger partial charge on any atom is 0.191 e. The topological polar surface area (TPSA) is 29.5 Å². The molecule has 142 valence electrons. The number of aliphatic hydroxyl groups is 1. The molecule has 0 heterocycles. The molecule has 25 heavy (non-hydrogen) atoms. The van der Waals surface area contributed by atoms with Crippen molar-refractivity contribution in [1.29, 1.82) is 0 Å². The van der Waals surface area contributed by atoms with Gasteiger partial charge in [-0.2, -0.15) is 0 Å². The van der Waals surface area contributed by atoms with Crippen LogP contribution >= 0.6 is 11.6 Å². The van der Waals surface area contributed by atoms with Crippen LogP contribution in [0.15, 0.2) is 35.9 Å². The van der Waals surface area contributed by atoms with Crippen molar-refractivity contribution in [3.63, 3.8) is 0 Å². The molecule has 1 aromatic carbocycles. The lowest BCUT2D eigenvalue weighted by molar-refractivity contribution is 0.227. The van der Waals surface area contributed by atoms with Gasteiger partial charge >= 0.3 is 0 Å². The van der Waals surface area contributed by atoms with Gasteiger partial charge in [0.05, 0.1) is 6.10 Å². The first kappa shape index (κ1) is 22.4. The summed E-state index contributed by atoms with van der Waals surface area (Å²) in [6, 6.07) is 7.36. The Hall–Kier alpha value is -0.613. The van der Waals surface area contributed by atoms with Crippen LogP contribution in [0.3, 0.4) is 0 Å². The van der Waals surface area contributed by atoms with Gasteiger partial charge < -0.3 is 9.53 Å². The van der Waals surface area contributed by atoms with Crippen molar-refractivity contribution in [1.82, 2.24) is 0 Å². The fourth-order valence-corrected chi connectivity index (χ4v) is 3.55. The zero-order valence-corrected chi connectivity index (χ0v) is 18.5.